The van der Waals surface area contributed by atoms with Gasteiger partial charge in [0.2, 0.25) is 0 Å². The Labute approximate surface area is 232 Å². The molecule has 2 N–H and O–H groups in total. The zero-order valence-corrected chi connectivity index (χ0v) is 23.2. The molecule has 3 aromatic carbocycles. The van der Waals surface area contributed by atoms with E-state index in [9.17, 15) is 13.2 Å². The van der Waals surface area contributed by atoms with Gasteiger partial charge in [-0.25, -0.2) is 22.7 Å². The highest BCUT2D eigenvalue weighted by molar-refractivity contribution is 7.92. The van der Waals surface area contributed by atoms with E-state index in [1.165, 1.54) is 32.4 Å². The maximum Gasteiger partial charge on any atom is 0.265 e. The van der Waals surface area contributed by atoms with Crippen LogP contribution >= 0.6 is 11.6 Å². The predicted molar refractivity (Wildman–Crippen MR) is 152 cm³/mol. The summed E-state index contributed by atoms with van der Waals surface area (Å²) >= 11 is 6.40. The maximum atomic E-state index is 13.8. The summed E-state index contributed by atoms with van der Waals surface area (Å²) in [4.78, 5) is 21.8. The van der Waals surface area contributed by atoms with E-state index in [4.69, 9.17) is 21.1 Å². The quantitative estimate of drug-likeness (QED) is 0.251. The number of aromatic nitrogens is 2. The Balaban J connectivity index is 1.72. The largest absolute Gasteiger partial charge is 0.497 e. The first-order chi connectivity index (χ1) is 18.7. The second kappa shape index (κ2) is 12.3. The molecule has 0 unspecified atom stereocenters. The monoisotopic (exact) mass is 569 g/mol. The Morgan fingerprint density at radius 2 is 1.74 bits per heavy atom. The van der Waals surface area contributed by atoms with E-state index >= 15 is 0 Å². The smallest absolute Gasteiger partial charge is 0.265 e. The van der Waals surface area contributed by atoms with E-state index in [2.05, 4.69) is 20.6 Å². The molecular weight excluding hydrogens is 542 g/mol. The number of nitrogens with zero attached hydrogens (tertiary/aromatic N) is 3. The summed E-state index contributed by atoms with van der Waals surface area (Å²) in [5.74, 6) is 0.380. The first-order valence-corrected chi connectivity index (χ1v) is 13.8. The zero-order chi connectivity index (χ0) is 28.0. The molecule has 0 aliphatic heterocycles. The van der Waals surface area contributed by atoms with Crippen LogP contribution < -0.4 is 19.7 Å². The van der Waals surface area contributed by atoms with Crippen LogP contribution in [0, 0.1) is 0 Å². The lowest BCUT2D eigenvalue weighted by atomic mass is 10.2. The number of benzene rings is 3. The molecule has 0 saturated heterocycles. The van der Waals surface area contributed by atoms with Gasteiger partial charge >= 0.3 is 0 Å². The molecule has 0 bridgehead atoms. The summed E-state index contributed by atoms with van der Waals surface area (Å²) in [6.07, 6.45) is 0.636. The summed E-state index contributed by atoms with van der Waals surface area (Å²) in [6.45, 7) is 0.904. The molecule has 0 atom stereocenters. The molecule has 1 aromatic heterocycles. The topological polar surface area (TPSA) is 123 Å². The molecule has 10 nitrogen and oxygen atoms in total. The molecule has 0 radical (unpaired) electrons. The van der Waals surface area contributed by atoms with Crippen molar-refractivity contribution in [3.05, 3.63) is 77.3 Å². The van der Waals surface area contributed by atoms with Gasteiger partial charge < -0.3 is 20.1 Å². The number of fused-ring (bicyclic) bond motifs is 1. The third kappa shape index (κ3) is 6.39. The van der Waals surface area contributed by atoms with Crippen LogP contribution in [0.1, 0.15) is 16.8 Å². The van der Waals surface area contributed by atoms with Gasteiger partial charge in [-0.3, -0.25) is 4.79 Å². The molecule has 4 rings (SSSR count). The van der Waals surface area contributed by atoms with Crippen LogP contribution in [0.2, 0.25) is 5.02 Å². The summed E-state index contributed by atoms with van der Waals surface area (Å²) < 4.78 is 38.8. The molecular formula is C27H28ClN5O5S. The fourth-order valence-electron chi connectivity index (χ4n) is 3.74. The lowest BCUT2D eigenvalue weighted by Crippen LogP contribution is -2.29. The van der Waals surface area contributed by atoms with Crippen molar-refractivity contribution in [2.24, 2.45) is 0 Å². The van der Waals surface area contributed by atoms with Gasteiger partial charge in [0.05, 0.1) is 33.7 Å². The van der Waals surface area contributed by atoms with Crippen LogP contribution in [0.3, 0.4) is 0 Å². The van der Waals surface area contributed by atoms with Gasteiger partial charge in [-0.2, -0.15) is 0 Å². The molecule has 0 saturated carbocycles. The van der Waals surface area contributed by atoms with Crippen LogP contribution in [0.25, 0.3) is 11.0 Å². The normalized spacial score (nSPS) is 11.3. The highest BCUT2D eigenvalue weighted by Crippen LogP contribution is 2.34. The number of methoxy groups -OCH3 is 2. The van der Waals surface area contributed by atoms with Crippen molar-refractivity contribution in [3.63, 3.8) is 0 Å². The first kappa shape index (κ1) is 28.1. The SMILES string of the molecule is COCCCNC(=O)c1cccc(S(=O)(=O)N(C)c2nc3ccccc3nc2Nc2cc(OC)ccc2Cl)c1. The van der Waals surface area contributed by atoms with Crippen LogP contribution in [0.5, 0.6) is 5.75 Å². The zero-order valence-electron chi connectivity index (χ0n) is 21.6. The van der Waals surface area contributed by atoms with E-state index in [1.807, 2.05) is 6.07 Å². The van der Waals surface area contributed by atoms with Gasteiger partial charge in [0.1, 0.15) is 5.75 Å². The Kier molecular flexibility index (Phi) is 8.85. The second-order valence-electron chi connectivity index (χ2n) is 8.46. The van der Waals surface area contributed by atoms with Gasteiger partial charge in [-0.15, -0.1) is 0 Å². The Bertz CT molecular complexity index is 1600. The van der Waals surface area contributed by atoms with Crippen molar-refractivity contribution in [2.45, 2.75) is 11.3 Å². The molecule has 204 valence electrons. The third-order valence-corrected chi connectivity index (χ3v) is 7.92. The van der Waals surface area contributed by atoms with E-state index in [-0.39, 0.29) is 28.0 Å². The maximum absolute atomic E-state index is 13.8. The van der Waals surface area contributed by atoms with Gasteiger partial charge in [0, 0.05) is 38.9 Å². The number of hydrogen-bond donors (Lipinski definition) is 2. The van der Waals surface area contributed by atoms with Crippen molar-refractivity contribution in [1.82, 2.24) is 15.3 Å². The van der Waals surface area contributed by atoms with E-state index in [0.717, 1.165) is 4.31 Å². The number of carbonyl (C=O) groups is 1. The first-order valence-electron chi connectivity index (χ1n) is 12.0. The number of anilines is 3. The van der Waals surface area contributed by atoms with Gasteiger partial charge in [0.15, 0.2) is 11.6 Å². The molecule has 0 spiro atoms. The number of nitrogens with one attached hydrogen (secondary N) is 2. The number of sulfonamides is 1. The van der Waals surface area contributed by atoms with E-state index in [1.54, 1.807) is 49.6 Å². The summed E-state index contributed by atoms with van der Waals surface area (Å²) in [5.41, 5.74) is 1.73. The Morgan fingerprint density at radius 1 is 1.00 bits per heavy atom. The average Bonchev–Trinajstić information content (AvgIpc) is 2.95. The lowest BCUT2D eigenvalue weighted by molar-refractivity contribution is 0.0948. The molecule has 39 heavy (non-hydrogen) atoms. The van der Waals surface area contributed by atoms with Gasteiger partial charge in [0.25, 0.3) is 15.9 Å². The molecule has 12 heteroatoms. The summed E-state index contributed by atoms with van der Waals surface area (Å²) in [5, 5.41) is 6.25. The standard InChI is InChI=1S/C27H28ClN5O5S/c1-33(39(35,36)20-9-6-8-18(16-20)27(34)29-14-7-15-37-2)26-25(30-22-10-4-5-11-23(22)32-26)31-24-17-19(38-3)12-13-21(24)28/h4-6,8-13,16-17H,7,14-15H2,1-3H3,(H,29,34)(H,30,31). The third-order valence-electron chi connectivity index (χ3n) is 5.84. The highest BCUT2D eigenvalue weighted by atomic mass is 35.5. The van der Waals surface area contributed by atoms with Crippen LogP contribution in [0.4, 0.5) is 17.3 Å². The minimum Gasteiger partial charge on any atom is -0.497 e. The van der Waals surface area contributed by atoms with E-state index < -0.39 is 10.0 Å². The number of ether oxygens (including phenoxy) is 2. The molecule has 1 heterocycles. The van der Waals surface area contributed by atoms with Crippen LogP contribution in [-0.2, 0) is 14.8 Å². The average molecular weight is 570 g/mol. The second-order valence-corrected chi connectivity index (χ2v) is 10.8. The van der Waals surface area contributed by atoms with Gasteiger partial charge in [-0.1, -0.05) is 29.8 Å². The number of hydrogen-bond acceptors (Lipinski definition) is 8. The summed E-state index contributed by atoms with van der Waals surface area (Å²) in [6, 6.07) is 18.0. The minimum absolute atomic E-state index is 0.0435. The summed E-state index contributed by atoms with van der Waals surface area (Å²) in [7, 11) is 0.341. The number of carbonyl (C=O) groups excluding carboxylic acids is 1. The van der Waals surface area contributed by atoms with E-state index in [0.29, 0.717) is 47.1 Å². The highest BCUT2D eigenvalue weighted by Gasteiger charge is 2.27. The molecule has 0 fully saturated rings. The van der Waals surface area contributed by atoms with Crippen LogP contribution in [0.15, 0.2) is 71.6 Å². The molecule has 4 aromatic rings. The Morgan fingerprint density at radius 3 is 2.46 bits per heavy atom. The molecule has 1 amide bonds. The lowest BCUT2D eigenvalue weighted by Gasteiger charge is -2.22. The fourth-order valence-corrected chi connectivity index (χ4v) is 5.10. The number of rotatable bonds is 11. The predicted octanol–water partition coefficient (Wildman–Crippen LogP) is 4.63. The van der Waals surface area contributed by atoms with Crippen LogP contribution in [-0.4, -0.2) is 58.7 Å². The number of amides is 1. The van der Waals surface area contributed by atoms with Crippen molar-refractivity contribution in [1.29, 1.82) is 0 Å². The number of halogens is 1. The number of para-hydroxylation sites is 2. The fraction of sp³-hybridized carbons (Fsp3) is 0.222. The molecule has 0 aliphatic rings. The van der Waals surface area contributed by atoms with Crippen molar-refractivity contribution in [3.8, 4) is 5.75 Å². The Hall–Kier alpha value is -3.93. The van der Waals surface area contributed by atoms with Crippen molar-refractivity contribution in [2.75, 3.05) is 44.0 Å². The van der Waals surface area contributed by atoms with Crippen molar-refractivity contribution < 1.29 is 22.7 Å². The molecule has 0 aliphatic carbocycles. The van der Waals surface area contributed by atoms with Gasteiger partial charge in [-0.05, 0) is 48.9 Å². The minimum atomic E-state index is -4.15. The van der Waals surface area contributed by atoms with Crippen molar-refractivity contribution >= 4 is 55.9 Å².